The zero-order chi connectivity index (χ0) is 13.5. The molecule has 98 valence electrons. The van der Waals surface area contributed by atoms with Crippen LogP contribution in [0.3, 0.4) is 0 Å². The van der Waals surface area contributed by atoms with Crippen molar-refractivity contribution in [2.24, 2.45) is 0 Å². The van der Waals surface area contributed by atoms with Gasteiger partial charge in [-0.2, -0.15) is 0 Å². The summed E-state index contributed by atoms with van der Waals surface area (Å²) in [7, 11) is 0. The van der Waals surface area contributed by atoms with Crippen molar-refractivity contribution in [1.82, 2.24) is 0 Å². The average Bonchev–Trinajstić information content (AvgIpc) is 2.88. The third-order valence-electron chi connectivity index (χ3n) is 4.17. The van der Waals surface area contributed by atoms with Crippen LogP contribution in [0.25, 0.3) is 10.1 Å². The Morgan fingerprint density at radius 1 is 1.10 bits per heavy atom. The fourth-order valence-corrected chi connectivity index (χ4v) is 4.04. The van der Waals surface area contributed by atoms with Crippen LogP contribution in [0, 0.1) is 0 Å². The van der Waals surface area contributed by atoms with Crippen molar-refractivity contribution in [1.29, 1.82) is 0 Å². The van der Waals surface area contributed by atoms with Gasteiger partial charge in [0, 0.05) is 27.5 Å². The molecule has 2 aromatic carbocycles. The Hall–Kier alpha value is -1.93. The molecule has 1 aromatic heterocycles. The van der Waals surface area contributed by atoms with Gasteiger partial charge < -0.3 is 0 Å². The van der Waals surface area contributed by atoms with Gasteiger partial charge in [0.1, 0.15) is 0 Å². The smallest absolute Gasteiger partial charge is 0.164 e. The Bertz CT molecular complexity index is 800. The van der Waals surface area contributed by atoms with Crippen LogP contribution >= 0.6 is 11.3 Å². The lowest BCUT2D eigenvalue weighted by Crippen LogP contribution is -2.20. The Morgan fingerprint density at radius 3 is 2.80 bits per heavy atom. The second kappa shape index (κ2) is 4.57. The van der Waals surface area contributed by atoms with E-state index in [9.17, 15) is 4.79 Å². The number of hydrogen-bond acceptors (Lipinski definition) is 2. The molecule has 1 heterocycles. The molecule has 4 rings (SSSR count). The SMILES string of the molecule is O=C(CC1Cc2ccccc21)c1csc2ccccc12. The second-order valence-electron chi connectivity index (χ2n) is 5.37. The lowest BCUT2D eigenvalue weighted by Gasteiger charge is -2.29. The molecule has 0 N–H and O–H groups in total. The van der Waals surface area contributed by atoms with Gasteiger partial charge in [-0.15, -0.1) is 11.3 Å². The molecule has 1 nitrogen and oxygen atoms in total. The molecule has 1 aliphatic rings. The molecule has 0 fully saturated rings. The normalized spacial score (nSPS) is 16.7. The van der Waals surface area contributed by atoms with Gasteiger partial charge in [-0.25, -0.2) is 0 Å². The first-order chi connectivity index (χ1) is 9.83. The van der Waals surface area contributed by atoms with E-state index in [1.54, 1.807) is 11.3 Å². The first-order valence-electron chi connectivity index (χ1n) is 6.90. The predicted molar refractivity (Wildman–Crippen MR) is 83.7 cm³/mol. The van der Waals surface area contributed by atoms with Crippen LogP contribution in [0.1, 0.15) is 33.8 Å². The number of thiophene rings is 1. The summed E-state index contributed by atoms with van der Waals surface area (Å²) < 4.78 is 1.20. The summed E-state index contributed by atoms with van der Waals surface area (Å²) in [5.41, 5.74) is 3.66. The van der Waals surface area contributed by atoms with Crippen LogP contribution in [-0.2, 0) is 6.42 Å². The van der Waals surface area contributed by atoms with Gasteiger partial charge in [0.25, 0.3) is 0 Å². The third-order valence-corrected chi connectivity index (χ3v) is 5.14. The van der Waals surface area contributed by atoms with Crippen LogP contribution in [-0.4, -0.2) is 5.78 Å². The molecule has 0 spiro atoms. The Balaban J connectivity index is 1.60. The van der Waals surface area contributed by atoms with E-state index in [1.807, 2.05) is 23.6 Å². The van der Waals surface area contributed by atoms with E-state index in [4.69, 9.17) is 0 Å². The van der Waals surface area contributed by atoms with Gasteiger partial charge in [0.2, 0.25) is 0 Å². The quantitative estimate of drug-likeness (QED) is 0.628. The van der Waals surface area contributed by atoms with E-state index in [0.29, 0.717) is 12.3 Å². The average molecular weight is 278 g/mol. The number of carbonyl (C=O) groups excluding carboxylic acids is 1. The van der Waals surface area contributed by atoms with Crippen molar-refractivity contribution in [2.45, 2.75) is 18.8 Å². The van der Waals surface area contributed by atoms with Gasteiger partial charge in [-0.05, 0) is 29.5 Å². The molecule has 0 saturated carbocycles. The van der Waals surface area contributed by atoms with E-state index in [0.717, 1.165) is 17.4 Å². The number of hydrogen-bond donors (Lipinski definition) is 0. The second-order valence-corrected chi connectivity index (χ2v) is 6.28. The number of ketones is 1. The van der Waals surface area contributed by atoms with Crippen LogP contribution < -0.4 is 0 Å². The largest absolute Gasteiger partial charge is 0.294 e. The van der Waals surface area contributed by atoms with Crippen LogP contribution in [0.2, 0.25) is 0 Å². The Kier molecular flexibility index (Phi) is 2.71. The zero-order valence-corrected chi connectivity index (χ0v) is 11.8. The molecule has 0 radical (unpaired) electrons. The lowest BCUT2D eigenvalue weighted by molar-refractivity contribution is 0.0972. The molecule has 0 amide bonds. The number of Topliss-reactive ketones (excluding diaryl/α,β-unsaturated/α-hetero) is 1. The molecule has 1 aliphatic carbocycles. The van der Waals surface area contributed by atoms with Gasteiger partial charge in [0.05, 0.1) is 0 Å². The number of fused-ring (bicyclic) bond motifs is 2. The highest BCUT2D eigenvalue weighted by atomic mass is 32.1. The minimum atomic E-state index is 0.280. The molecule has 3 aromatic rings. The van der Waals surface area contributed by atoms with Crippen molar-refractivity contribution < 1.29 is 4.79 Å². The molecule has 2 heteroatoms. The minimum absolute atomic E-state index is 0.280. The molecule has 0 saturated heterocycles. The third kappa shape index (κ3) is 1.80. The minimum Gasteiger partial charge on any atom is -0.294 e. The summed E-state index contributed by atoms with van der Waals surface area (Å²) in [5, 5.41) is 3.12. The summed E-state index contributed by atoms with van der Waals surface area (Å²) in [5.74, 6) is 0.694. The van der Waals surface area contributed by atoms with Gasteiger partial charge in [0.15, 0.2) is 5.78 Å². The molecule has 0 bridgehead atoms. The highest BCUT2D eigenvalue weighted by molar-refractivity contribution is 7.17. The summed E-state index contributed by atoms with van der Waals surface area (Å²) in [4.78, 5) is 12.5. The van der Waals surface area contributed by atoms with Crippen molar-refractivity contribution in [3.63, 3.8) is 0 Å². The number of benzene rings is 2. The molecular formula is C18H14OS. The standard InChI is InChI=1S/C18H14OS/c19-17(10-13-9-12-5-1-2-6-14(12)13)16-11-20-18-8-4-3-7-15(16)18/h1-8,11,13H,9-10H2. The maximum atomic E-state index is 12.5. The van der Waals surface area contributed by atoms with Crippen LogP contribution in [0.15, 0.2) is 53.9 Å². The van der Waals surface area contributed by atoms with E-state index in [2.05, 4.69) is 30.3 Å². The summed E-state index contributed by atoms with van der Waals surface area (Å²) in [6, 6.07) is 16.6. The van der Waals surface area contributed by atoms with Crippen molar-refractivity contribution >= 4 is 27.2 Å². The Labute approximate surface area is 121 Å². The fourth-order valence-electron chi connectivity index (χ4n) is 3.07. The molecule has 20 heavy (non-hydrogen) atoms. The van der Waals surface area contributed by atoms with Crippen molar-refractivity contribution in [3.05, 3.63) is 70.6 Å². The highest BCUT2D eigenvalue weighted by Gasteiger charge is 2.28. The van der Waals surface area contributed by atoms with E-state index >= 15 is 0 Å². The zero-order valence-electron chi connectivity index (χ0n) is 11.0. The number of rotatable bonds is 3. The van der Waals surface area contributed by atoms with Gasteiger partial charge in [-0.3, -0.25) is 4.79 Å². The fraction of sp³-hybridized carbons (Fsp3) is 0.167. The van der Waals surface area contributed by atoms with Crippen LogP contribution in [0.4, 0.5) is 0 Å². The summed E-state index contributed by atoms with van der Waals surface area (Å²) in [6.07, 6.45) is 1.68. The van der Waals surface area contributed by atoms with E-state index in [-0.39, 0.29) is 5.78 Å². The first-order valence-corrected chi connectivity index (χ1v) is 7.78. The molecular weight excluding hydrogens is 264 g/mol. The van der Waals surface area contributed by atoms with E-state index < -0.39 is 0 Å². The maximum Gasteiger partial charge on any atom is 0.164 e. The monoisotopic (exact) mass is 278 g/mol. The lowest BCUT2D eigenvalue weighted by atomic mass is 9.74. The molecule has 0 aliphatic heterocycles. The van der Waals surface area contributed by atoms with Gasteiger partial charge >= 0.3 is 0 Å². The van der Waals surface area contributed by atoms with Gasteiger partial charge in [-0.1, -0.05) is 42.5 Å². The molecule has 1 unspecified atom stereocenters. The molecule has 1 atom stereocenters. The predicted octanol–water partition coefficient (Wildman–Crippen LogP) is 4.81. The number of carbonyl (C=O) groups is 1. The van der Waals surface area contributed by atoms with Crippen molar-refractivity contribution in [2.75, 3.05) is 0 Å². The van der Waals surface area contributed by atoms with Crippen LogP contribution in [0.5, 0.6) is 0 Å². The summed E-state index contributed by atoms with van der Waals surface area (Å²) >= 11 is 1.66. The highest BCUT2D eigenvalue weighted by Crippen LogP contribution is 2.38. The van der Waals surface area contributed by atoms with E-state index in [1.165, 1.54) is 15.8 Å². The topological polar surface area (TPSA) is 17.1 Å². The Morgan fingerprint density at radius 2 is 1.90 bits per heavy atom. The maximum absolute atomic E-state index is 12.5. The first kappa shape index (κ1) is 11.9. The van der Waals surface area contributed by atoms with Crippen molar-refractivity contribution in [3.8, 4) is 0 Å². The summed E-state index contributed by atoms with van der Waals surface area (Å²) in [6.45, 7) is 0.